The molecule has 1 aromatic rings. The molecule has 79 valence electrons. The number of hydrogen-bond acceptors (Lipinski definition) is 3. The summed E-state index contributed by atoms with van der Waals surface area (Å²) in [6.45, 7) is 6.72. The van der Waals surface area contributed by atoms with Gasteiger partial charge < -0.3 is 4.90 Å². The zero-order valence-electron chi connectivity index (χ0n) is 9.12. The number of nitrogens with zero attached hydrogens (tertiary/aromatic N) is 2. The molecule has 0 amide bonds. The fraction of sp³-hybridized carbons (Fsp3) is 0.727. The normalized spacial score (nSPS) is 10.4. The highest BCUT2D eigenvalue weighted by Gasteiger charge is 2.06. The first-order valence-corrected chi connectivity index (χ1v) is 6.33. The Kier molecular flexibility index (Phi) is 5.60. The maximum atomic E-state index is 4.24. The van der Waals surface area contributed by atoms with E-state index in [9.17, 15) is 0 Å². The number of hydrogen-bond donors (Lipinski definition) is 0. The molecule has 0 fully saturated rings. The summed E-state index contributed by atoms with van der Waals surface area (Å²) in [4.78, 5) is 6.62. The van der Waals surface area contributed by atoms with Crippen LogP contribution in [0, 0.1) is 5.51 Å². The Morgan fingerprint density at radius 2 is 1.93 bits per heavy atom. The number of thiazole rings is 1. The highest BCUT2D eigenvalue weighted by Crippen LogP contribution is 2.14. The second kappa shape index (κ2) is 6.82. The maximum absolute atomic E-state index is 4.24. The van der Waals surface area contributed by atoms with Crippen molar-refractivity contribution in [3.63, 3.8) is 0 Å². The summed E-state index contributed by atoms with van der Waals surface area (Å²) < 4.78 is 0. The summed E-state index contributed by atoms with van der Waals surface area (Å²) in [5.41, 5.74) is 2.91. The minimum absolute atomic E-state index is 1.11. The van der Waals surface area contributed by atoms with Gasteiger partial charge in [0.2, 0.25) is 0 Å². The van der Waals surface area contributed by atoms with E-state index in [1.54, 1.807) is 11.3 Å². The van der Waals surface area contributed by atoms with E-state index in [4.69, 9.17) is 0 Å². The Bertz CT molecular complexity index is 213. The van der Waals surface area contributed by atoms with Crippen molar-refractivity contribution < 1.29 is 0 Å². The van der Waals surface area contributed by atoms with Crippen molar-refractivity contribution in [1.82, 2.24) is 4.98 Å². The lowest BCUT2D eigenvalue weighted by atomic mass is 10.2. The van der Waals surface area contributed by atoms with Crippen LogP contribution in [0.4, 0.5) is 5.82 Å². The Morgan fingerprint density at radius 1 is 1.29 bits per heavy atom. The van der Waals surface area contributed by atoms with Gasteiger partial charge in [0.1, 0.15) is 5.82 Å². The van der Waals surface area contributed by atoms with Crippen LogP contribution in [-0.2, 0) is 0 Å². The van der Waals surface area contributed by atoms with Crippen molar-refractivity contribution in [3.05, 3.63) is 10.9 Å². The lowest BCUT2D eigenvalue weighted by Gasteiger charge is -2.21. The van der Waals surface area contributed by atoms with Gasteiger partial charge in [0.15, 0.2) is 5.51 Å². The van der Waals surface area contributed by atoms with Crippen molar-refractivity contribution in [2.75, 3.05) is 18.0 Å². The van der Waals surface area contributed by atoms with Crippen molar-refractivity contribution >= 4 is 17.2 Å². The summed E-state index contributed by atoms with van der Waals surface area (Å²) in [5, 5.41) is 2.09. The van der Waals surface area contributed by atoms with Crippen LogP contribution < -0.4 is 4.90 Å². The molecule has 14 heavy (non-hydrogen) atoms. The molecule has 2 nitrogen and oxygen atoms in total. The maximum Gasteiger partial charge on any atom is 0.154 e. The Balaban J connectivity index is 2.44. The molecule has 1 rings (SSSR count). The first-order valence-electron chi connectivity index (χ1n) is 5.45. The van der Waals surface area contributed by atoms with E-state index in [-0.39, 0.29) is 0 Å². The molecule has 1 aromatic heterocycles. The molecular weight excluding hydrogens is 192 g/mol. The predicted molar refractivity (Wildman–Crippen MR) is 63.0 cm³/mol. The number of aromatic nitrogens is 1. The van der Waals surface area contributed by atoms with Gasteiger partial charge >= 0.3 is 0 Å². The van der Waals surface area contributed by atoms with Crippen LogP contribution in [0.2, 0.25) is 0 Å². The van der Waals surface area contributed by atoms with Gasteiger partial charge in [-0.05, 0) is 12.8 Å². The zero-order chi connectivity index (χ0) is 10.2. The van der Waals surface area contributed by atoms with Crippen molar-refractivity contribution in [1.29, 1.82) is 0 Å². The molecule has 0 aliphatic heterocycles. The van der Waals surface area contributed by atoms with Gasteiger partial charge in [-0.15, -0.1) is 11.3 Å². The molecule has 0 N–H and O–H groups in total. The van der Waals surface area contributed by atoms with Crippen LogP contribution in [0.15, 0.2) is 5.38 Å². The average molecular weight is 211 g/mol. The van der Waals surface area contributed by atoms with E-state index in [1.165, 1.54) is 25.7 Å². The highest BCUT2D eigenvalue weighted by atomic mass is 32.1. The number of anilines is 1. The minimum atomic E-state index is 1.11. The molecule has 0 aliphatic carbocycles. The van der Waals surface area contributed by atoms with Gasteiger partial charge in [0, 0.05) is 18.5 Å². The third kappa shape index (κ3) is 3.66. The van der Waals surface area contributed by atoms with Gasteiger partial charge in [-0.1, -0.05) is 26.7 Å². The molecule has 0 unspecified atom stereocenters. The summed E-state index contributed by atoms with van der Waals surface area (Å²) in [7, 11) is 0. The molecule has 1 radical (unpaired) electrons. The summed E-state index contributed by atoms with van der Waals surface area (Å²) in [5.74, 6) is 1.11. The molecule has 3 heteroatoms. The average Bonchev–Trinajstić information content (AvgIpc) is 2.71. The Hall–Kier alpha value is -0.570. The number of rotatable bonds is 7. The number of unbranched alkanes of at least 4 members (excludes halogenated alkanes) is 2. The standard InChI is InChI=1S/C11H19N2S/c1-3-5-7-13(8-6-4-2)11-9-14-10-12-11/h9H,3-8H2,1-2H3. The first-order chi connectivity index (χ1) is 6.88. The summed E-state index contributed by atoms with van der Waals surface area (Å²) in [6.07, 6.45) is 5.00. The second-order valence-electron chi connectivity index (χ2n) is 3.49. The lowest BCUT2D eigenvalue weighted by Crippen LogP contribution is -2.25. The predicted octanol–water partition coefficient (Wildman–Crippen LogP) is 3.35. The quantitative estimate of drug-likeness (QED) is 0.687. The largest absolute Gasteiger partial charge is 0.356 e. The van der Waals surface area contributed by atoms with Gasteiger partial charge in [-0.3, -0.25) is 0 Å². The van der Waals surface area contributed by atoms with E-state index in [1.807, 2.05) is 0 Å². The van der Waals surface area contributed by atoms with Gasteiger partial charge in [-0.25, -0.2) is 4.98 Å². The monoisotopic (exact) mass is 211 g/mol. The topological polar surface area (TPSA) is 16.1 Å². The molecule has 0 bridgehead atoms. The molecule has 0 saturated carbocycles. The molecule has 0 aliphatic rings. The van der Waals surface area contributed by atoms with Gasteiger partial charge in [0.05, 0.1) is 0 Å². The van der Waals surface area contributed by atoms with Crippen molar-refractivity contribution in [3.8, 4) is 0 Å². The van der Waals surface area contributed by atoms with Crippen LogP contribution in [0.5, 0.6) is 0 Å². The minimum Gasteiger partial charge on any atom is -0.356 e. The SMILES string of the molecule is CCCCN(CCCC)c1cs[c]n1. The molecule has 0 atom stereocenters. The third-order valence-corrected chi connectivity index (χ3v) is 2.79. The van der Waals surface area contributed by atoms with E-state index in [2.05, 4.69) is 34.6 Å². The summed E-state index contributed by atoms with van der Waals surface area (Å²) >= 11 is 1.56. The van der Waals surface area contributed by atoms with Crippen LogP contribution in [0.1, 0.15) is 39.5 Å². The Morgan fingerprint density at radius 3 is 2.36 bits per heavy atom. The fourth-order valence-electron chi connectivity index (χ4n) is 1.36. The van der Waals surface area contributed by atoms with Crippen LogP contribution >= 0.6 is 11.3 Å². The summed E-state index contributed by atoms with van der Waals surface area (Å²) in [6, 6.07) is 0. The van der Waals surface area contributed by atoms with E-state index < -0.39 is 0 Å². The van der Waals surface area contributed by atoms with Crippen molar-refractivity contribution in [2.24, 2.45) is 0 Å². The molecule has 0 aromatic carbocycles. The van der Waals surface area contributed by atoms with Crippen LogP contribution in [0.25, 0.3) is 0 Å². The first kappa shape index (κ1) is 11.5. The fourth-order valence-corrected chi connectivity index (χ4v) is 1.87. The molecule has 0 spiro atoms. The van der Waals surface area contributed by atoms with Gasteiger partial charge in [-0.2, -0.15) is 0 Å². The zero-order valence-corrected chi connectivity index (χ0v) is 9.94. The molecular formula is C11H19N2S. The van der Waals surface area contributed by atoms with Crippen molar-refractivity contribution in [2.45, 2.75) is 39.5 Å². The molecule has 1 heterocycles. The van der Waals surface area contributed by atoms with Gasteiger partial charge in [0.25, 0.3) is 0 Å². The van der Waals surface area contributed by atoms with E-state index in [0.717, 1.165) is 18.9 Å². The van der Waals surface area contributed by atoms with Crippen LogP contribution in [0.3, 0.4) is 0 Å². The lowest BCUT2D eigenvalue weighted by molar-refractivity contribution is 0.672. The highest BCUT2D eigenvalue weighted by molar-refractivity contribution is 7.07. The molecule has 0 saturated heterocycles. The third-order valence-electron chi connectivity index (χ3n) is 2.26. The van der Waals surface area contributed by atoms with E-state index >= 15 is 0 Å². The van der Waals surface area contributed by atoms with Crippen LogP contribution in [-0.4, -0.2) is 18.1 Å². The smallest absolute Gasteiger partial charge is 0.154 e. The van der Waals surface area contributed by atoms with E-state index in [0.29, 0.717) is 0 Å². The Labute approximate surface area is 91.0 Å². The second-order valence-corrected chi connectivity index (χ2v) is 4.15.